The van der Waals surface area contributed by atoms with Crippen LogP contribution in [0, 0.1) is 17.7 Å². The molecule has 0 aromatic heterocycles. The number of aliphatic imine (C=N–C) groups is 1. The number of benzene rings is 1. The highest BCUT2D eigenvalue weighted by Crippen LogP contribution is 2.25. The third-order valence-electron chi connectivity index (χ3n) is 6.66. The standard InChI is InChI=1S/C25H40FN5O/c1-18(2)29-24(32)20-8-6-9-22(15-20)30-25(27-3)28-16-19-11-13-31(14-12-19)17-21-7-4-5-10-23(21)26/h4-5,7,10,18-20,22H,6,8-9,11-17H2,1-3H3,(H,29,32)(H2,27,28,30). The number of halogens is 1. The van der Waals surface area contributed by atoms with Gasteiger partial charge in [-0.15, -0.1) is 0 Å². The summed E-state index contributed by atoms with van der Waals surface area (Å²) in [5.41, 5.74) is 0.779. The molecule has 6 nitrogen and oxygen atoms in total. The summed E-state index contributed by atoms with van der Waals surface area (Å²) in [6.45, 7) is 7.56. The van der Waals surface area contributed by atoms with Gasteiger partial charge in [0.05, 0.1) is 0 Å². The predicted octanol–water partition coefficient (Wildman–Crippen LogP) is 3.29. The van der Waals surface area contributed by atoms with Gasteiger partial charge >= 0.3 is 0 Å². The van der Waals surface area contributed by atoms with E-state index in [2.05, 4.69) is 25.8 Å². The highest BCUT2D eigenvalue weighted by Gasteiger charge is 2.28. The van der Waals surface area contributed by atoms with Crippen molar-refractivity contribution in [3.63, 3.8) is 0 Å². The average molecular weight is 446 g/mol. The number of guanidine groups is 1. The molecule has 178 valence electrons. The normalized spacial score (nSPS) is 23.2. The predicted molar refractivity (Wildman–Crippen MR) is 128 cm³/mol. The van der Waals surface area contributed by atoms with Crippen molar-refractivity contribution in [3.8, 4) is 0 Å². The van der Waals surface area contributed by atoms with Crippen molar-refractivity contribution in [1.29, 1.82) is 0 Å². The number of rotatable bonds is 7. The minimum absolute atomic E-state index is 0.0838. The van der Waals surface area contributed by atoms with Gasteiger partial charge in [-0.05, 0) is 71.0 Å². The molecule has 1 saturated carbocycles. The second kappa shape index (κ2) is 12.2. The lowest BCUT2D eigenvalue weighted by molar-refractivity contribution is -0.126. The van der Waals surface area contributed by atoms with Crippen molar-refractivity contribution in [2.45, 2.75) is 71.0 Å². The zero-order valence-corrected chi connectivity index (χ0v) is 19.9. The minimum atomic E-state index is -0.113. The molecule has 0 spiro atoms. The molecule has 2 fully saturated rings. The van der Waals surface area contributed by atoms with Gasteiger partial charge in [0, 0.05) is 43.7 Å². The lowest BCUT2D eigenvalue weighted by atomic mass is 9.85. The summed E-state index contributed by atoms with van der Waals surface area (Å²) < 4.78 is 13.9. The van der Waals surface area contributed by atoms with Gasteiger partial charge in [-0.3, -0.25) is 14.7 Å². The molecule has 0 bridgehead atoms. The van der Waals surface area contributed by atoms with Crippen LogP contribution >= 0.6 is 0 Å². The molecule has 3 rings (SSSR count). The number of hydrogen-bond acceptors (Lipinski definition) is 3. The Balaban J connectivity index is 1.38. The van der Waals surface area contributed by atoms with Gasteiger partial charge in [-0.1, -0.05) is 24.6 Å². The number of hydrogen-bond donors (Lipinski definition) is 3. The molecule has 1 aromatic carbocycles. The van der Waals surface area contributed by atoms with Gasteiger partial charge in [0.1, 0.15) is 5.82 Å². The molecule has 1 heterocycles. The van der Waals surface area contributed by atoms with Crippen LogP contribution in [-0.2, 0) is 11.3 Å². The number of nitrogens with one attached hydrogen (secondary N) is 3. The summed E-state index contributed by atoms with van der Waals surface area (Å²) in [7, 11) is 1.80. The summed E-state index contributed by atoms with van der Waals surface area (Å²) in [5.74, 6) is 1.56. The van der Waals surface area contributed by atoms with E-state index in [1.54, 1.807) is 13.1 Å². The summed E-state index contributed by atoms with van der Waals surface area (Å²) in [6, 6.07) is 7.52. The quantitative estimate of drug-likeness (QED) is 0.445. The lowest BCUT2D eigenvalue weighted by Gasteiger charge is -2.33. The van der Waals surface area contributed by atoms with Crippen LogP contribution in [0.4, 0.5) is 4.39 Å². The third kappa shape index (κ3) is 7.47. The van der Waals surface area contributed by atoms with Crippen molar-refractivity contribution in [2.75, 3.05) is 26.7 Å². The second-order valence-corrected chi connectivity index (χ2v) is 9.63. The zero-order valence-electron chi connectivity index (χ0n) is 19.9. The largest absolute Gasteiger partial charge is 0.356 e. The number of carbonyl (C=O) groups excluding carboxylic acids is 1. The molecule has 3 N–H and O–H groups in total. The average Bonchev–Trinajstić information content (AvgIpc) is 2.79. The van der Waals surface area contributed by atoms with Gasteiger partial charge in [0.2, 0.25) is 5.91 Å². The molecular formula is C25H40FN5O. The fourth-order valence-corrected chi connectivity index (χ4v) is 4.81. The van der Waals surface area contributed by atoms with E-state index in [1.165, 1.54) is 6.07 Å². The maximum absolute atomic E-state index is 13.9. The van der Waals surface area contributed by atoms with E-state index in [0.29, 0.717) is 12.5 Å². The number of piperidine rings is 1. The van der Waals surface area contributed by atoms with E-state index < -0.39 is 0 Å². The fourth-order valence-electron chi connectivity index (χ4n) is 4.81. The smallest absolute Gasteiger partial charge is 0.223 e. The summed E-state index contributed by atoms with van der Waals surface area (Å²) in [5, 5.41) is 10.1. The van der Waals surface area contributed by atoms with Gasteiger partial charge in [0.25, 0.3) is 0 Å². The maximum atomic E-state index is 13.9. The maximum Gasteiger partial charge on any atom is 0.223 e. The van der Waals surface area contributed by atoms with Crippen molar-refractivity contribution in [1.82, 2.24) is 20.9 Å². The molecule has 2 unspecified atom stereocenters. The summed E-state index contributed by atoms with van der Waals surface area (Å²) in [6.07, 6.45) is 6.15. The van der Waals surface area contributed by atoms with Crippen molar-refractivity contribution < 1.29 is 9.18 Å². The van der Waals surface area contributed by atoms with E-state index in [4.69, 9.17) is 0 Å². The summed E-state index contributed by atoms with van der Waals surface area (Å²) >= 11 is 0. The Morgan fingerprint density at radius 2 is 1.94 bits per heavy atom. The first kappa shape index (κ1) is 24.5. The van der Waals surface area contributed by atoms with Gasteiger partial charge in [-0.2, -0.15) is 0 Å². The van der Waals surface area contributed by atoms with Crippen LogP contribution in [0.25, 0.3) is 0 Å². The van der Waals surface area contributed by atoms with Crippen LogP contribution in [0.5, 0.6) is 0 Å². The lowest BCUT2D eigenvalue weighted by Crippen LogP contribution is -2.49. The van der Waals surface area contributed by atoms with Crippen LogP contribution in [0.3, 0.4) is 0 Å². The van der Waals surface area contributed by atoms with Gasteiger partial charge in [0.15, 0.2) is 5.96 Å². The summed E-state index contributed by atoms with van der Waals surface area (Å²) in [4.78, 5) is 19.1. The molecule has 1 aliphatic carbocycles. The first-order chi connectivity index (χ1) is 15.4. The first-order valence-corrected chi connectivity index (χ1v) is 12.2. The molecule has 1 aliphatic heterocycles. The zero-order chi connectivity index (χ0) is 22.9. The van der Waals surface area contributed by atoms with Crippen LogP contribution in [0.15, 0.2) is 29.3 Å². The van der Waals surface area contributed by atoms with E-state index >= 15 is 0 Å². The minimum Gasteiger partial charge on any atom is -0.356 e. The third-order valence-corrected chi connectivity index (χ3v) is 6.66. The molecule has 1 saturated heterocycles. The fraction of sp³-hybridized carbons (Fsp3) is 0.680. The first-order valence-electron chi connectivity index (χ1n) is 12.2. The molecular weight excluding hydrogens is 405 g/mol. The Kier molecular flexibility index (Phi) is 9.33. The molecule has 32 heavy (non-hydrogen) atoms. The highest BCUT2D eigenvalue weighted by molar-refractivity contribution is 5.81. The van der Waals surface area contributed by atoms with E-state index in [9.17, 15) is 9.18 Å². The molecule has 0 radical (unpaired) electrons. The van der Waals surface area contributed by atoms with E-state index in [1.807, 2.05) is 26.0 Å². The Labute approximate surface area is 192 Å². The van der Waals surface area contributed by atoms with E-state index in [-0.39, 0.29) is 29.7 Å². The SMILES string of the molecule is CN=C(NCC1CCN(Cc2ccccc2F)CC1)NC1CCCC(C(=O)NC(C)C)C1. The Morgan fingerprint density at radius 3 is 2.62 bits per heavy atom. The van der Waals surface area contributed by atoms with Crippen LogP contribution in [-0.4, -0.2) is 55.5 Å². The monoisotopic (exact) mass is 445 g/mol. The van der Waals surface area contributed by atoms with Crippen LogP contribution < -0.4 is 16.0 Å². The molecule has 7 heteroatoms. The van der Waals surface area contributed by atoms with E-state index in [0.717, 1.165) is 69.7 Å². The molecule has 2 aliphatic rings. The Bertz CT molecular complexity index is 760. The topological polar surface area (TPSA) is 68.8 Å². The molecule has 1 aromatic rings. The number of carbonyl (C=O) groups is 1. The molecule has 1 amide bonds. The highest BCUT2D eigenvalue weighted by atomic mass is 19.1. The Hall–Kier alpha value is -2.15. The molecule has 2 atom stereocenters. The number of nitrogens with zero attached hydrogens (tertiary/aromatic N) is 2. The van der Waals surface area contributed by atoms with Crippen LogP contribution in [0.1, 0.15) is 57.9 Å². The number of amides is 1. The van der Waals surface area contributed by atoms with Gasteiger partial charge < -0.3 is 16.0 Å². The number of likely N-dealkylation sites (tertiary alicyclic amines) is 1. The van der Waals surface area contributed by atoms with Crippen LogP contribution in [0.2, 0.25) is 0 Å². The van der Waals surface area contributed by atoms with Crippen molar-refractivity contribution in [3.05, 3.63) is 35.6 Å². The van der Waals surface area contributed by atoms with Crippen molar-refractivity contribution in [2.24, 2.45) is 16.8 Å². The Morgan fingerprint density at radius 1 is 1.19 bits per heavy atom. The van der Waals surface area contributed by atoms with Crippen molar-refractivity contribution >= 4 is 11.9 Å². The van der Waals surface area contributed by atoms with Gasteiger partial charge in [-0.25, -0.2) is 4.39 Å². The second-order valence-electron chi connectivity index (χ2n) is 9.63.